The van der Waals surface area contributed by atoms with Crippen molar-refractivity contribution in [3.05, 3.63) is 46.8 Å². The molecular formula is C18H23N3O4S2. The van der Waals surface area contributed by atoms with E-state index in [4.69, 9.17) is 0 Å². The van der Waals surface area contributed by atoms with Gasteiger partial charge in [-0.2, -0.15) is 9.40 Å². The van der Waals surface area contributed by atoms with Gasteiger partial charge in [-0.1, -0.05) is 24.3 Å². The Morgan fingerprint density at radius 2 is 1.85 bits per heavy atom. The lowest BCUT2D eigenvalue weighted by Crippen LogP contribution is -2.36. The van der Waals surface area contributed by atoms with Crippen LogP contribution >= 0.6 is 0 Å². The maximum absolute atomic E-state index is 13.3. The number of sulfone groups is 1. The first kappa shape index (κ1) is 18.6. The molecule has 7 nitrogen and oxygen atoms in total. The van der Waals surface area contributed by atoms with Gasteiger partial charge in [0.25, 0.3) is 0 Å². The van der Waals surface area contributed by atoms with E-state index in [1.165, 1.54) is 9.87 Å². The van der Waals surface area contributed by atoms with Crippen LogP contribution in [0.25, 0.3) is 0 Å². The van der Waals surface area contributed by atoms with Gasteiger partial charge in [-0.3, -0.25) is 4.68 Å². The SMILES string of the molecule is Cc1nn([C@@H]2CCS(=O)(=O)C2)c(C)c1S(=O)(=O)N1CCc2ccccc2C1. The van der Waals surface area contributed by atoms with Crippen molar-refractivity contribution >= 4 is 19.9 Å². The average molecular weight is 410 g/mol. The van der Waals surface area contributed by atoms with Crippen LogP contribution in [0.4, 0.5) is 0 Å². The first-order chi connectivity index (χ1) is 12.7. The molecular weight excluding hydrogens is 386 g/mol. The van der Waals surface area contributed by atoms with Crippen LogP contribution in [-0.2, 0) is 32.8 Å². The highest BCUT2D eigenvalue weighted by Gasteiger charge is 2.36. The highest BCUT2D eigenvalue weighted by molar-refractivity contribution is 7.91. The van der Waals surface area contributed by atoms with E-state index in [-0.39, 0.29) is 22.4 Å². The van der Waals surface area contributed by atoms with Crippen molar-refractivity contribution in [3.8, 4) is 0 Å². The van der Waals surface area contributed by atoms with E-state index in [9.17, 15) is 16.8 Å². The second-order valence-corrected chi connectivity index (χ2v) is 11.5. The average Bonchev–Trinajstić information content (AvgIpc) is 3.13. The van der Waals surface area contributed by atoms with Crippen LogP contribution < -0.4 is 0 Å². The summed E-state index contributed by atoms with van der Waals surface area (Å²) >= 11 is 0. The van der Waals surface area contributed by atoms with Gasteiger partial charge >= 0.3 is 0 Å². The first-order valence-electron chi connectivity index (χ1n) is 9.02. The number of aromatic nitrogens is 2. The normalized spacial score (nSPS) is 22.7. The van der Waals surface area contributed by atoms with Crippen LogP contribution in [0.5, 0.6) is 0 Å². The third kappa shape index (κ3) is 3.21. The fourth-order valence-electron chi connectivity index (χ4n) is 4.15. The van der Waals surface area contributed by atoms with E-state index < -0.39 is 19.9 Å². The highest BCUT2D eigenvalue weighted by Crippen LogP contribution is 2.32. The van der Waals surface area contributed by atoms with E-state index in [1.54, 1.807) is 18.5 Å². The minimum absolute atomic E-state index is 0.0194. The minimum atomic E-state index is -3.70. The van der Waals surface area contributed by atoms with Crippen LogP contribution in [0.15, 0.2) is 29.2 Å². The Hall–Kier alpha value is -1.71. The molecule has 0 spiro atoms. The number of nitrogens with zero attached hydrogens (tertiary/aromatic N) is 3. The van der Waals surface area contributed by atoms with Gasteiger partial charge in [0.15, 0.2) is 9.84 Å². The molecule has 27 heavy (non-hydrogen) atoms. The monoisotopic (exact) mass is 409 g/mol. The van der Waals surface area contributed by atoms with Crippen molar-refractivity contribution < 1.29 is 16.8 Å². The summed E-state index contributed by atoms with van der Waals surface area (Å²) in [6.07, 6.45) is 1.16. The molecule has 0 radical (unpaired) electrons. The summed E-state index contributed by atoms with van der Waals surface area (Å²) in [6, 6.07) is 7.60. The van der Waals surface area contributed by atoms with Crippen molar-refractivity contribution in [2.24, 2.45) is 0 Å². The molecule has 4 rings (SSSR count). The topological polar surface area (TPSA) is 89.3 Å². The van der Waals surface area contributed by atoms with Gasteiger partial charge in [-0.25, -0.2) is 16.8 Å². The summed E-state index contributed by atoms with van der Waals surface area (Å²) < 4.78 is 53.4. The molecule has 2 aliphatic heterocycles. The van der Waals surface area contributed by atoms with E-state index in [1.807, 2.05) is 24.3 Å². The molecule has 9 heteroatoms. The molecule has 0 N–H and O–H groups in total. The van der Waals surface area contributed by atoms with E-state index in [0.29, 0.717) is 37.3 Å². The largest absolute Gasteiger partial charge is 0.264 e. The molecule has 0 bridgehead atoms. The number of rotatable bonds is 3. The third-order valence-electron chi connectivity index (χ3n) is 5.51. The summed E-state index contributed by atoms with van der Waals surface area (Å²) in [6.45, 7) is 4.18. The molecule has 146 valence electrons. The Morgan fingerprint density at radius 1 is 1.15 bits per heavy atom. The molecule has 1 aromatic heterocycles. The van der Waals surface area contributed by atoms with Gasteiger partial charge in [0.05, 0.1) is 28.9 Å². The summed E-state index contributed by atoms with van der Waals surface area (Å²) in [4.78, 5) is 0.214. The molecule has 0 aliphatic carbocycles. The van der Waals surface area contributed by atoms with E-state index >= 15 is 0 Å². The van der Waals surface area contributed by atoms with Crippen LogP contribution in [0.1, 0.15) is 35.0 Å². The van der Waals surface area contributed by atoms with Gasteiger partial charge in [0, 0.05) is 13.1 Å². The number of benzene rings is 1. The first-order valence-corrected chi connectivity index (χ1v) is 12.3. The maximum Gasteiger partial charge on any atom is 0.247 e. The molecule has 1 fully saturated rings. The van der Waals surface area contributed by atoms with Gasteiger partial charge in [-0.15, -0.1) is 0 Å². The molecule has 1 atom stereocenters. The summed E-state index contributed by atoms with van der Waals surface area (Å²) in [5.41, 5.74) is 3.16. The number of hydrogen-bond acceptors (Lipinski definition) is 5. The van der Waals surface area contributed by atoms with E-state index in [2.05, 4.69) is 5.10 Å². The lowest BCUT2D eigenvalue weighted by molar-refractivity contribution is 0.390. The van der Waals surface area contributed by atoms with Crippen molar-refractivity contribution in [1.29, 1.82) is 0 Å². The number of hydrogen-bond donors (Lipinski definition) is 0. The number of aryl methyl sites for hydroxylation is 1. The third-order valence-corrected chi connectivity index (χ3v) is 9.35. The zero-order valence-electron chi connectivity index (χ0n) is 15.4. The van der Waals surface area contributed by atoms with Crippen molar-refractivity contribution in [2.45, 2.75) is 44.2 Å². The lowest BCUT2D eigenvalue weighted by Gasteiger charge is -2.28. The molecule has 0 amide bonds. The Morgan fingerprint density at radius 3 is 2.52 bits per heavy atom. The van der Waals surface area contributed by atoms with Gasteiger partial charge in [0.2, 0.25) is 10.0 Å². The van der Waals surface area contributed by atoms with Gasteiger partial charge in [-0.05, 0) is 37.8 Å². The Labute approximate surface area is 160 Å². The fourth-order valence-corrected chi connectivity index (χ4v) is 7.62. The quantitative estimate of drug-likeness (QED) is 0.768. The summed E-state index contributed by atoms with van der Waals surface area (Å²) in [7, 11) is -6.78. The molecule has 0 saturated carbocycles. The number of fused-ring (bicyclic) bond motifs is 1. The zero-order valence-corrected chi connectivity index (χ0v) is 17.1. The molecule has 1 aromatic carbocycles. The Bertz CT molecular complexity index is 1100. The van der Waals surface area contributed by atoms with Gasteiger partial charge in [0.1, 0.15) is 4.90 Å². The molecule has 1 saturated heterocycles. The lowest BCUT2D eigenvalue weighted by atomic mass is 10.0. The van der Waals surface area contributed by atoms with E-state index in [0.717, 1.165) is 5.56 Å². The predicted molar refractivity (Wildman–Crippen MR) is 102 cm³/mol. The van der Waals surface area contributed by atoms with Crippen molar-refractivity contribution in [1.82, 2.24) is 14.1 Å². The molecule has 2 aliphatic rings. The highest BCUT2D eigenvalue weighted by atomic mass is 32.2. The van der Waals surface area contributed by atoms with Crippen LogP contribution in [0.3, 0.4) is 0 Å². The predicted octanol–water partition coefficient (Wildman–Crippen LogP) is 1.61. The van der Waals surface area contributed by atoms with Crippen LogP contribution in [0, 0.1) is 13.8 Å². The van der Waals surface area contributed by atoms with Crippen molar-refractivity contribution in [3.63, 3.8) is 0 Å². The van der Waals surface area contributed by atoms with Crippen molar-refractivity contribution in [2.75, 3.05) is 18.1 Å². The summed E-state index contributed by atoms with van der Waals surface area (Å²) in [5.74, 6) is 0.145. The molecule has 0 unspecified atom stereocenters. The Kier molecular flexibility index (Phi) is 4.44. The van der Waals surface area contributed by atoms with Crippen LogP contribution in [0.2, 0.25) is 0 Å². The standard InChI is InChI=1S/C18H23N3O4S2/c1-13-18(14(2)21(19-13)17-8-10-26(22,23)12-17)27(24,25)20-9-7-15-5-3-4-6-16(15)11-20/h3-6,17H,7-12H2,1-2H3/t17-/m1/s1. The minimum Gasteiger partial charge on any atom is -0.264 e. The van der Waals surface area contributed by atoms with Crippen LogP contribution in [-0.4, -0.2) is 49.0 Å². The zero-order chi connectivity index (χ0) is 19.4. The molecule has 2 aromatic rings. The summed E-state index contributed by atoms with van der Waals surface area (Å²) in [5, 5.41) is 4.41. The second-order valence-electron chi connectivity index (χ2n) is 7.36. The molecule has 3 heterocycles. The van der Waals surface area contributed by atoms with Gasteiger partial charge < -0.3 is 0 Å². The number of sulfonamides is 1. The fraction of sp³-hybridized carbons (Fsp3) is 0.500. The Balaban J connectivity index is 1.69. The second kappa shape index (κ2) is 6.42. The smallest absolute Gasteiger partial charge is 0.247 e. The maximum atomic E-state index is 13.3.